The molecule has 0 aliphatic heterocycles. The lowest BCUT2D eigenvalue weighted by molar-refractivity contribution is 0.306. The normalized spacial score (nSPS) is 10.2. The van der Waals surface area contributed by atoms with Crippen molar-refractivity contribution in [1.29, 1.82) is 0 Å². The Kier molecular flexibility index (Phi) is 3.18. The van der Waals surface area contributed by atoms with Gasteiger partial charge >= 0.3 is 0 Å². The number of benzene rings is 1. The van der Waals surface area contributed by atoms with Crippen LogP contribution in [0.2, 0.25) is 0 Å². The van der Waals surface area contributed by atoms with Crippen LogP contribution in [0.4, 0.5) is 5.82 Å². The molecule has 0 aliphatic carbocycles. The summed E-state index contributed by atoms with van der Waals surface area (Å²) in [7, 11) is 3.43. The third-order valence-electron chi connectivity index (χ3n) is 2.52. The monoisotopic (exact) mass is 233 g/mol. The Morgan fingerprint density at radius 1 is 1.24 bits per heavy atom. The van der Waals surface area contributed by atoms with E-state index in [-0.39, 0.29) is 0 Å². The Balaban J connectivity index is 2.00. The van der Waals surface area contributed by atoms with E-state index in [4.69, 9.17) is 15.2 Å². The molecule has 0 bridgehead atoms. The van der Waals surface area contributed by atoms with E-state index in [1.165, 1.54) is 0 Å². The van der Waals surface area contributed by atoms with Crippen molar-refractivity contribution in [2.24, 2.45) is 7.05 Å². The first-order valence-corrected chi connectivity index (χ1v) is 5.24. The first kappa shape index (κ1) is 11.3. The zero-order chi connectivity index (χ0) is 12.3. The minimum absolute atomic E-state index is 0.409. The second kappa shape index (κ2) is 4.78. The smallest absolute Gasteiger partial charge is 0.127 e. The van der Waals surface area contributed by atoms with Gasteiger partial charge < -0.3 is 15.2 Å². The Morgan fingerprint density at radius 2 is 1.88 bits per heavy atom. The highest BCUT2D eigenvalue weighted by Crippen LogP contribution is 2.19. The number of nitrogens with zero attached hydrogens (tertiary/aromatic N) is 2. The van der Waals surface area contributed by atoms with Crippen molar-refractivity contribution < 1.29 is 9.47 Å². The molecule has 5 nitrogen and oxygen atoms in total. The van der Waals surface area contributed by atoms with E-state index in [1.807, 2.05) is 24.3 Å². The minimum atomic E-state index is 0.409. The van der Waals surface area contributed by atoms with Crippen LogP contribution in [0, 0.1) is 0 Å². The van der Waals surface area contributed by atoms with Crippen LogP contribution in [0.15, 0.2) is 30.5 Å². The average molecular weight is 233 g/mol. The van der Waals surface area contributed by atoms with Gasteiger partial charge in [0.2, 0.25) is 0 Å². The largest absolute Gasteiger partial charge is 0.497 e. The van der Waals surface area contributed by atoms with Gasteiger partial charge in [-0.05, 0) is 24.3 Å². The van der Waals surface area contributed by atoms with Crippen LogP contribution in [-0.4, -0.2) is 16.9 Å². The zero-order valence-corrected chi connectivity index (χ0v) is 9.88. The fraction of sp³-hybridized carbons (Fsp3) is 0.250. The number of anilines is 1. The summed E-state index contributed by atoms with van der Waals surface area (Å²) >= 11 is 0. The number of methoxy groups -OCH3 is 1. The van der Waals surface area contributed by atoms with Gasteiger partial charge in [0, 0.05) is 7.05 Å². The van der Waals surface area contributed by atoms with E-state index in [1.54, 1.807) is 25.0 Å². The van der Waals surface area contributed by atoms with Gasteiger partial charge in [-0.3, -0.25) is 4.68 Å². The molecule has 2 rings (SSSR count). The van der Waals surface area contributed by atoms with Gasteiger partial charge in [0.25, 0.3) is 0 Å². The predicted molar refractivity (Wildman–Crippen MR) is 64.9 cm³/mol. The Morgan fingerprint density at radius 3 is 2.41 bits per heavy atom. The van der Waals surface area contributed by atoms with Crippen LogP contribution in [0.3, 0.4) is 0 Å². The molecule has 0 unspecified atom stereocenters. The molecule has 1 aromatic heterocycles. The van der Waals surface area contributed by atoms with Gasteiger partial charge in [-0.15, -0.1) is 0 Å². The van der Waals surface area contributed by atoms with Crippen molar-refractivity contribution in [3.8, 4) is 11.5 Å². The molecule has 0 spiro atoms. The summed E-state index contributed by atoms with van der Waals surface area (Å²) in [5.41, 5.74) is 6.69. The minimum Gasteiger partial charge on any atom is -0.497 e. The van der Waals surface area contributed by atoms with Crippen molar-refractivity contribution in [2.75, 3.05) is 12.8 Å². The van der Waals surface area contributed by atoms with Gasteiger partial charge in [0.15, 0.2) is 0 Å². The molecule has 17 heavy (non-hydrogen) atoms. The van der Waals surface area contributed by atoms with Crippen molar-refractivity contribution in [2.45, 2.75) is 6.61 Å². The first-order chi connectivity index (χ1) is 8.20. The summed E-state index contributed by atoms with van der Waals surface area (Å²) in [6, 6.07) is 7.40. The van der Waals surface area contributed by atoms with Gasteiger partial charge in [-0.1, -0.05) is 0 Å². The summed E-state index contributed by atoms with van der Waals surface area (Å²) in [5.74, 6) is 2.20. The molecule has 1 heterocycles. The van der Waals surface area contributed by atoms with Crippen molar-refractivity contribution in [1.82, 2.24) is 9.78 Å². The number of aryl methyl sites for hydroxylation is 1. The third-order valence-corrected chi connectivity index (χ3v) is 2.52. The molecule has 0 aliphatic rings. The molecule has 0 atom stereocenters. The van der Waals surface area contributed by atoms with Gasteiger partial charge in [0.05, 0.1) is 18.9 Å². The van der Waals surface area contributed by atoms with Crippen LogP contribution in [0.25, 0.3) is 0 Å². The van der Waals surface area contributed by atoms with Crippen molar-refractivity contribution in [3.63, 3.8) is 0 Å². The zero-order valence-electron chi connectivity index (χ0n) is 9.88. The molecule has 0 amide bonds. The summed E-state index contributed by atoms with van der Waals surface area (Å²) in [4.78, 5) is 0. The molecule has 0 saturated heterocycles. The molecule has 0 fully saturated rings. The van der Waals surface area contributed by atoms with Crippen LogP contribution in [0.5, 0.6) is 11.5 Å². The Bertz CT molecular complexity index is 491. The maximum atomic E-state index is 5.81. The van der Waals surface area contributed by atoms with E-state index < -0.39 is 0 Å². The van der Waals surface area contributed by atoms with Gasteiger partial charge in [-0.2, -0.15) is 5.10 Å². The Labute approximate surface area is 99.8 Å². The fourth-order valence-corrected chi connectivity index (χ4v) is 1.44. The topological polar surface area (TPSA) is 62.3 Å². The molecule has 5 heteroatoms. The first-order valence-electron chi connectivity index (χ1n) is 5.24. The maximum absolute atomic E-state index is 5.81. The number of nitrogen functional groups attached to an aromatic ring is 1. The van der Waals surface area contributed by atoms with E-state index in [0.29, 0.717) is 12.4 Å². The van der Waals surface area contributed by atoms with Crippen LogP contribution >= 0.6 is 0 Å². The molecular weight excluding hydrogens is 218 g/mol. The average Bonchev–Trinajstić information content (AvgIpc) is 2.68. The molecule has 0 saturated carbocycles. The summed E-state index contributed by atoms with van der Waals surface area (Å²) in [5, 5.41) is 4.05. The van der Waals surface area contributed by atoms with Gasteiger partial charge in [-0.25, -0.2) is 0 Å². The highest BCUT2D eigenvalue weighted by atomic mass is 16.5. The summed E-state index contributed by atoms with van der Waals surface area (Å²) in [6.45, 7) is 0.409. The highest BCUT2D eigenvalue weighted by Gasteiger charge is 2.05. The maximum Gasteiger partial charge on any atom is 0.127 e. The Hall–Kier alpha value is -2.17. The molecule has 0 radical (unpaired) electrons. The van der Waals surface area contributed by atoms with Crippen LogP contribution in [0.1, 0.15) is 5.56 Å². The van der Waals surface area contributed by atoms with Crippen LogP contribution < -0.4 is 15.2 Å². The predicted octanol–water partition coefficient (Wildman–Crippen LogP) is 1.59. The molecule has 2 N–H and O–H groups in total. The second-order valence-corrected chi connectivity index (χ2v) is 3.64. The molecular formula is C12H15N3O2. The lowest BCUT2D eigenvalue weighted by Crippen LogP contribution is -2.02. The number of rotatable bonds is 4. The van der Waals surface area contributed by atoms with Crippen molar-refractivity contribution >= 4 is 5.82 Å². The summed E-state index contributed by atoms with van der Waals surface area (Å²) in [6.07, 6.45) is 1.71. The molecule has 2 aromatic rings. The highest BCUT2D eigenvalue weighted by molar-refractivity contribution is 5.38. The van der Waals surface area contributed by atoms with E-state index in [9.17, 15) is 0 Å². The molecule has 90 valence electrons. The number of hydrogen-bond acceptors (Lipinski definition) is 4. The number of nitrogens with two attached hydrogens (primary N) is 1. The van der Waals surface area contributed by atoms with Gasteiger partial charge in [0.1, 0.15) is 23.9 Å². The third kappa shape index (κ3) is 2.50. The fourth-order valence-electron chi connectivity index (χ4n) is 1.44. The van der Waals surface area contributed by atoms with Crippen molar-refractivity contribution in [3.05, 3.63) is 36.0 Å². The van der Waals surface area contributed by atoms with E-state index in [0.717, 1.165) is 17.1 Å². The standard InChI is InChI=1S/C12H15N3O2/c1-15-12(13)9(7-14-15)8-17-11-5-3-10(16-2)4-6-11/h3-7H,8,13H2,1-2H3. The van der Waals surface area contributed by atoms with E-state index in [2.05, 4.69) is 5.10 Å². The SMILES string of the molecule is COc1ccc(OCc2cnn(C)c2N)cc1. The number of aromatic nitrogens is 2. The lowest BCUT2D eigenvalue weighted by Gasteiger charge is -2.06. The summed E-state index contributed by atoms with van der Waals surface area (Å²) < 4.78 is 12.3. The lowest BCUT2D eigenvalue weighted by atomic mass is 10.3. The van der Waals surface area contributed by atoms with Crippen LogP contribution in [-0.2, 0) is 13.7 Å². The molecule has 1 aromatic carbocycles. The second-order valence-electron chi connectivity index (χ2n) is 3.64. The number of ether oxygens (including phenoxy) is 2. The quantitative estimate of drug-likeness (QED) is 0.871. The number of hydrogen-bond donors (Lipinski definition) is 1. The van der Waals surface area contributed by atoms with E-state index >= 15 is 0 Å².